The van der Waals surface area contributed by atoms with Crippen LogP contribution < -0.4 is 5.32 Å². The molecule has 0 aromatic heterocycles. The highest BCUT2D eigenvalue weighted by Crippen LogP contribution is 2.28. The van der Waals surface area contributed by atoms with Crippen LogP contribution in [0.2, 0.25) is 0 Å². The predicted octanol–water partition coefficient (Wildman–Crippen LogP) is 2.95. The maximum absolute atomic E-state index is 11.7. The summed E-state index contributed by atoms with van der Waals surface area (Å²) in [5.41, 5.74) is -0.295. The Morgan fingerprint density at radius 1 is 1.33 bits per heavy atom. The van der Waals surface area contributed by atoms with Gasteiger partial charge in [0.05, 0.1) is 0 Å². The maximum Gasteiger partial charge on any atom is 0.225 e. The highest BCUT2D eigenvalue weighted by molar-refractivity contribution is 6.20. The summed E-state index contributed by atoms with van der Waals surface area (Å²) in [7, 11) is 0. The molecule has 2 atom stereocenters. The van der Waals surface area contributed by atoms with Crippen molar-refractivity contribution >= 4 is 17.5 Å². The third kappa shape index (κ3) is 4.02. The van der Waals surface area contributed by atoms with Gasteiger partial charge in [-0.05, 0) is 18.8 Å². The van der Waals surface area contributed by atoms with Crippen molar-refractivity contribution in [3.05, 3.63) is 0 Å². The summed E-state index contributed by atoms with van der Waals surface area (Å²) in [4.78, 5) is 11.7. The number of carbonyl (C=O) groups is 1. The molecule has 1 aliphatic carbocycles. The van der Waals surface area contributed by atoms with Crippen LogP contribution in [-0.2, 0) is 4.79 Å². The van der Waals surface area contributed by atoms with Crippen LogP contribution in [0.3, 0.4) is 0 Å². The second-order valence-electron chi connectivity index (χ2n) is 5.52. The molecule has 0 aromatic carbocycles. The molecule has 0 saturated heterocycles. The summed E-state index contributed by atoms with van der Waals surface area (Å²) < 4.78 is 0. The van der Waals surface area contributed by atoms with E-state index >= 15 is 0 Å². The lowest BCUT2D eigenvalue weighted by Crippen LogP contribution is -2.40. The third-order valence-corrected chi connectivity index (χ3v) is 3.60. The Labute approximate surface area is 97.8 Å². The Morgan fingerprint density at radius 2 is 1.93 bits per heavy atom. The molecule has 0 aromatic rings. The van der Waals surface area contributed by atoms with Gasteiger partial charge in [-0.3, -0.25) is 4.79 Å². The van der Waals surface area contributed by atoms with Crippen molar-refractivity contribution in [1.29, 1.82) is 0 Å². The van der Waals surface area contributed by atoms with Gasteiger partial charge in [-0.2, -0.15) is 0 Å². The molecule has 0 spiro atoms. The van der Waals surface area contributed by atoms with Gasteiger partial charge in [-0.15, -0.1) is 11.6 Å². The molecule has 2 nitrogen and oxygen atoms in total. The zero-order valence-electron chi connectivity index (χ0n) is 9.98. The summed E-state index contributed by atoms with van der Waals surface area (Å²) in [5, 5.41) is 3.25. The van der Waals surface area contributed by atoms with Crippen LogP contribution in [-0.4, -0.2) is 17.8 Å². The van der Waals surface area contributed by atoms with Crippen LogP contribution in [0.4, 0.5) is 0 Å². The number of carbonyl (C=O) groups excluding carboxylic acids is 1. The van der Waals surface area contributed by atoms with Crippen LogP contribution in [0.25, 0.3) is 0 Å². The maximum atomic E-state index is 11.7. The first kappa shape index (κ1) is 12.8. The number of hydrogen-bond acceptors (Lipinski definition) is 1. The molecule has 1 saturated carbocycles. The predicted molar refractivity (Wildman–Crippen MR) is 64.1 cm³/mol. The van der Waals surface area contributed by atoms with Gasteiger partial charge in [0.1, 0.15) is 0 Å². The fourth-order valence-corrected chi connectivity index (χ4v) is 2.25. The molecular formula is C12H22ClNO. The fourth-order valence-electron chi connectivity index (χ4n) is 1.88. The highest BCUT2D eigenvalue weighted by Gasteiger charge is 2.26. The van der Waals surface area contributed by atoms with E-state index in [1.807, 2.05) is 20.8 Å². The van der Waals surface area contributed by atoms with Crippen molar-refractivity contribution in [3.63, 3.8) is 0 Å². The Hall–Kier alpha value is -0.240. The molecule has 3 heteroatoms. The molecule has 1 N–H and O–H groups in total. The first-order chi connectivity index (χ1) is 6.91. The fraction of sp³-hybridized carbons (Fsp3) is 0.917. The van der Waals surface area contributed by atoms with E-state index in [0.717, 1.165) is 19.4 Å². The minimum Gasteiger partial charge on any atom is -0.355 e. The second-order valence-corrected chi connectivity index (χ2v) is 6.08. The largest absolute Gasteiger partial charge is 0.355 e. The molecule has 0 radical (unpaired) electrons. The van der Waals surface area contributed by atoms with Gasteiger partial charge in [0.15, 0.2) is 0 Å². The number of alkyl halides is 1. The zero-order valence-corrected chi connectivity index (χ0v) is 10.7. The van der Waals surface area contributed by atoms with E-state index in [2.05, 4.69) is 5.32 Å². The van der Waals surface area contributed by atoms with Crippen LogP contribution in [0.5, 0.6) is 0 Å². The van der Waals surface area contributed by atoms with Crippen molar-refractivity contribution < 1.29 is 4.79 Å². The van der Waals surface area contributed by atoms with E-state index in [0.29, 0.717) is 5.92 Å². The van der Waals surface area contributed by atoms with Crippen LogP contribution in [0.15, 0.2) is 0 Å². The summed E-state index contributed by atoms with van der Waals surface area (Å²) >= 11 is 6.23. The first-order valence-electron chi connectivity index (χ1n) is 5.83. The number of hydrogen-bond donors (Lipinski definition) is 1. The van der Waals surface area contributed by atoms with Crippen molar-refractivity contribution in [1.82, 2.24) is 5.32 Å². The zero-order chi connectivity index (χ0) is 11.5. The lowest BCUT2D eigenvalue weighted by Gasteiger charge is -2.28. The van der Waals surface area contributed by atoms with Crippen LogP contribution >= 0.6 is 11.6 Å². The lowest BCUT2D eigenvalue weighted by atomic mass is 9.88. The number of halogens is 1. The highest BCUT2D eigenvalue weighted by atomic mass is 35.5. The van der Waals surface area contributed by atoms with Crippen LogP contribution in [0, 0.1) is 11.3 Å². The Morgan fingerprint density at radius 3 is 2.47 bits per heavy atom. The number of nitrogens with one attached hydrogen (secondary N) is 1. The van der Waals surface area contributed by atoms with Crippen molar-refractivity contribution in [2.24, 2.45) is 11.3 Å². The number of rotatable bonds is 2. The van der Waals surface area contributed by atoms with Crippen molar-refractivity contribution in [2.45, 2.75) is 51.8 Å². The quantitative estimate of drug-likeness (QED) is 0.728. The molecule has 0 heterocycles. The van der Waals surface area contributed by atoms with E-state index in [-0.39, 0.29) is 16.7 Å². The third-order valence-electron chi connectivity index (χ3n) is 3.02. The normalized spacial score (nSPS) is 27.5. The smallest absolute Gasteiger partial charge is 0.225 e. The molecular weight excluding hydrogens is 210 g/mol. The topological polar surface area (TPSA) is 29.1 Å². The SMILES string of the molecule is CC(C)(C)C(=O)NCC1CCCCC1Cl. The molecule has 1 fully saturated rings. The van der Waals surface area contributed by atoms with E-state index in [1.54, 1.807) is 0 Å². The molecule has 15 heavy (non-hydrogen) atoms. The first-order valence-corrected chi connectivity index (χ1v) is 6.27. The van der Waals surface area contributed by atoms with Gasteiger partial charge in [-0.25, -0.2) is 0 Å². The molecule has 0 aliphatic heterocycles. The van der Waals surface area contributed by atoms with E-state index in [9.17, 15) is 4.79 Å². The Balaban J connectivity index is 2.33. The molecule has 0 bridgehead atoms. The number of amides is 1. The van der Waals surface area contributed by atoms with Gasteiger partial charge in [-0.1, -0.05) is 33.6 Å². The average Bonchev–Trinajstić information content (AvgIpc) is 2.14. The monoisotopic (exact) mass is 231 g/mol. The van der Waals surface area contributed by atoms with Crippen molar-refractivity contribution in [2.75, 3.05) is 6.54 Å². The van der Waals surface area contributed by atoms with Gasteiger partial charge in [0, 0.05) is 17.3 Å². The van der Waals surface area contributed by atoms with E-state index in [1.165, 1.54) is 12.8 Å². The van der Waals surface area contributed by atoms with Gasteiger partial charge in [0.2, 0.25) is 5.91 Å². The van der Waals surface area contributed by atoms with Gasteiger partial charge >= 0.3 is 0 Å². The second kappa shape index (κ2) is 5.20. The standard InChI is InChI=1S/C12H22ClNO/c1-12(2,3)11(15)14-8-9-6-4-5-7-10(9)13/h9-10H,4-8H2,1-3H3,(H,14,15). The van der Waals surface area contributed by atoms with Gasteiger partial charge in [0.25, 0.3) is 0 Å². The summed E-state index contributed by atoms with van der Waals surface area (Å²) in [6, 6.07) is 0. The Bertz CT molecular complexity index is 222. The Kier molecular flexibility index (Phi) is 4.45. The van der Waals surface area contributed by atoms with E-state index < -0.39 is 0 Å². The minimum absolute atomic E-state index is 0.122. The lowest BCUT2D eigenvalue weighted by molar-refractivity contribution is -0.128. The summed E-state index contributed by atoms with van der Waals surface area (Å²) in [6.07, 6.45) is 4.73. The molecule has 2 unspecified atom stereocenters. The average molecular weight is 232 g/mol. The molecule has 1 rings (SSSR count). The molecule has 1 amide bonds. The molecule has 1 aliphatic rings. The molecule has 88 valence electrons. The van der Waals surface area contributed by atoms with Gasteiger partial charge < -0.3 is 5.32 Å². The van der Waals surface area contributed by atoms with Crippen LogP contribution in [0.1, 0.15) is 46.5 Å². The summed E-state index contributed by atoms with van der Waals surface area (Å²) in [5.74, 6) is 0.587. The van der Waals surface area contributed by atoms with Crippen molar-refractivity contribution in [3.8, 4) is 0 Å². The minimum atomic E-state index is -0.295. The summed E-state index contributed by atoms with van der Waals surface area (Å²) in [6.45, 7) is 6.54. The van der Waals surface area contributed by atoms with E-state index in [4.69, 9.17) is 11.6 Å².